The van der Waals surface area contributed by atoms with Crippen LogP contribution in [0.15, 0.2) is 12.2 Å². The number of hydrogen-bond acceptors (Lipinski definition) is 5. The molecule has 0 saturated heterocycles. The molecule has 5 nitrogen and oxygen atoms in total. The van der Waals surface area contributed by atoms with E-state index in [1.165, 1.54) is 0 Å². The number of carbonyl (C=O) groups excluding carboxylic acids is 1. The maximum Gasteiger partial charge on any atom is 0.501 e. The van der Waals surface area contributed by atoms with Gasteiger partial charge in [-0.3, -0.25) is 4.79 Å². The summed E-state index contributed by atoms with van der Waals surface area (Å²) in [5.41, 5.74) is 0.802. The summed E-state index contributed by atoms with van der Waals surface area (Å²) < 4.78 is 22.3. The van der Waals surface area contributed by atoms with Gasteiger partial charge in [-0.1, -0.05) is 12.2 Å². The molecule has 0 aromatic rings. The molecule has 0 unspecified atom stereocenters. The largest absolute Gasteiger partial charge is 0.501 e. The maximum absolute atomic E-state index is 11.4. The molecule has 118 valence electrons. The lowest BCUT2D eigenvalue weighted by Gasteiger charge is -2.28. The zero-order valence-corrected chi connectivity index (χ0v) is 14.2. The van der Waals surface area contributed by atoms with Crippen molar-refractivity contribution in [3.05, 3.63) is 12.2 Å². The van der Waals surface area contributed by atoms with Gasteiger partial charge in [0.05, 0.1) is 13.0 Å². The molecule has 20 heavy (non-hydrogen) atoms. The molecule has 0 rings (SSSR count). The molecule has 6 heteroatoms. The SMILES string of the molecule is C=C(C)CC(=O)OCCC[Si](OCC)(OCC)OCC. The fourth-order valence-corrected chi connectivity index (χ4v) is 4.35. The van der Waals surface area contributed by atoms with Gasteiger partial charge in [-0.2, -0.15) is 0 Å². The molecule has 0 radical (unpaired) electrons. The van der Waals surface area contributed by atoms with Gasteiger partial charge in [-0.05, 0) is 34.1 Å². The van der Waals surface area contributed by atoms with E-state index >= 15 is 0 Å². The third-order valence-corrected chi connectivity index (χ3v) is 5.58. The van der Waals surface area contributed by atoms with Crippen LogP contribution in [0.3, 0.4) is 0 Å². The van der Waals surface area contributed by atoms with Crippen LogP contribution >= 0.6 is 0 Å². The average Bonchev–Trinajstić information content (AvgIpc) is 2.35. The van der Waals surface area contributed by atoms with Gasteiger partial charge in [-0.25, -0.2) is 0 Å². The number of hydrogen-bond donors (Lipinski definition) is 0. The Morgan fingerprint density at radius 2 is 1.55 bits per heavy atom. The minimum atomic E-state index is -2.61. The van der Waals surface area contributed by atoms with E-state index in [0.29, 0.717) is 38.9 Å². The quantitative estimate of drug-likeness (QED) is 0.240. The Hall–Kier alpha value is -0.693. The van der Waals surface area contributed by atoms with Crippen LogP contribution in [-0.2, 0) is 22.8 Å². The molecule has 0 aromatic carbocycles. The fourth-order valence-electron chi connectivity index (χ4n) is 1.77. The molecule has 0 amide bonds. The van der Waals surface area contributed by atoms with E-state index < -0.39 is 8.80 Å². The molecular formula is C14H28O5Si. The van der Waals surface area contributed by atoms with Gasteiger partial charge < -0.3 is 18.0 Å². The lowest BCUT2D eigenvalue weighted by molar-refractivity contribution is -0.142. The lowest BCUT2D eigenvalue weighted by Crippen LogP contribution is -2.46. The molecule has 0 heterocycles. The summed E-state index contributed by atoms with van der Waals surface area (Å²) in [5, 5.41) is 0. The summed E-state index contributed by atoms with van der Waals surface area (Å²) in [6.07, 6.45) is 0.944. The van der Waals surface area contributed by atoms with Crippen molar-refractivity contribution in [2.75, 3.05) is 26.4 Å². The highest BCUT2D eigenvalue weighted by Gasteiger charge is 2.39. The van der Waals surface area contributed by atoms with Crippen molar-refractivity contribution >= 4 is 14.8 Å². The highest BCUT2D eigenvalue weighted by Crippen LogP contribution is 2.18. The molecule has 0 spiro atoms. The van der Waals surface area contributed by atoms with Crippen molar-refractivity contribution in [1.82, 2.24) is 0 Å². The van der Waals surface area contributed by atoms with Crippen molar-refractivity contribution in [3.63, 3.8) is 0 Å². The van der Waals surface area contributed by atoms with E-state index in [-0.39, 0.29) is 12.4 Å². The molecule has 0 atom stereocenters. The minimum Gasteiger partial charge on any atom is -0.465 e. The summed E-state index contributed by atoms with van der Waals surface area (Å²) in [6, 6.07) is 0.656. The van der Waals surface area contributed by atoms with Crippen molar-refractivity contribution in [2.45, 2.75) is 46.6 Å². The Balaban J connectivity index is 4.18. The highest BCUT2D eigenvalue weighted by molar-refractivity contribution is 6.60. The van der Waals surface area contributed by atoms with E-state index in [1.807, 2.05) is 20.8 Å². The predicted octanol–water partition coefficient (Wildman–Crippen LogP) is 2.93. The standard InChI is InChI=1S/C14H28O5Si/c1-6-17-20(18-7-2,19-8-3)11-9-10-16-14(15)12-13(4)5/h4,6-12H2,1-3,5H3. The summed E-state index contributed by atoms with van der Waals surface area (Å²) in [7, 11) is -2.61. The van der Waals surface area contributed by atoms with Crippen LogP contribution in [0.2, 0.25) is 6.04 Å². The van der Waals surface area contributed by atoms with Gasteiger partial charge in [0, 0.05) is 25.9 Å². The highest BCUT2D eigenvalue weighted by atomic mass is 28.4. The molecule has 0 aromatic heterocycles. The maximum atomic E-state index is 11.4. The summed E-state index contributed by atoms with van der Waals surface area (Å²) in [4.78, 5) is 11.4. The summed E-state index contributed by atoms with van der Waals surface area (Å²) >= 11 is 0. The monoisotopic (exact) mass is 304 g/mol. The third-order valence-electron chi connectivity index (χ3n) is 2.43. The number of carbonyl (C=O) groups is 1. The predicted molar refractivity (Wildman–Crippen MR) is 80.4 cm³/mol. The van der Waals surface area contributed by atoms with Crippen LogP contribution < -0.4 is 0 Å². The topological polar surface area (TPSA) is 54.0 Å². The Morgan fingerprint density at radius 3 is 1.95 bits per heavy atom. The molecule has 0 N–H and O–H groups in total. The Bertz CT molecular complexity index is 276. The lowest BCUT2D eigenvalue weighted by atomic mass is 10.2. The molecule has 0 bridgehead atoms. The first-order valence-corrected chi connectivity index (χ1v) is 9.14. The van der Waals surface area contributed by atoms with Crippen molar-refractivity contribution in [2.24, 2.45) is 0 Å². The van der Waals surface area contributed by atoms with Crippen LogP contribution in [0.1, 0.15) is 40.5 Å². The zero-order chi connectivity index (χ0) is 15.4. The van der Waals surface area contributed by atoms with Crippen molar-refractivity contribution < 1.29 is 22.8 Å². The van der Waals surface area contributed by atoms with E-state index in [0.717, 1.165) is 5.57 Å². The fraction of sp³-hybridized carbons (Fsp3) is 0.786. The van der Waals surface area contributed by atoms with Gasteiger partial charge in [0.15, 0.2) is 0 Å². The Kier molecular flexibility index (Phi) is 10.6. The number of ether oxygens (including phenoxy) is 1. The minimum absolute atomic E-state index is 0.242. The Labute approximate surface area is 123 Å². The smallest absolute Gasteiger partial charge is 0.465 e. The normalized spacial score (nSPS) is 11.4. The second-order valence-corrected chi connectivity index (χ2v) is 7.17. The van der Waals surface area contributed by atoms with Crippen LogP contribution in [0.5, 0.6) is 0 Å². The van der Waals surface area contributed by atoms with Crippen LogP contribution in [0.25, 0.3) is 0 Å². The first kappa shape index (κ1) is 19.3. The summed E-state index contributed by atoms with van der Waals surface area (Å²) in [5.74, 6) is -0.242. The van der Waals surface area contributed by atoms with Gasteiger partial charge in [0.25, 0.3) is 0 Å². The van der Waals surface area contributed by atoms with E-state index in [2.05, 4.69) is 6.58 Å². The van der Waals surface area contributed by atoms with Gasteiger partial charge in [-0.15, -0.1) is 0 Å². The molecule has 0 aliphatic carbocycles. The van der Waals surface area contributed by atoms with E-state index in [1.54, 1.807) is 6.92 Å². The Morgan fingerprint density at radius 1 is 1.05 bits per heavy atom. The van der Waals surface area contributed by atoms with E-state index in [9.17, 15) is 4.79 Å². The van der Waals surface area contributed by atoms with Crippen LogP contribution in [-0.4, -0.2) is 41.2 Å². The average molecular weight is 304 g/mol. The number of esters is 1. The van der Waals surface area contributed by atoms with Gasteiger partial charge in [0.1, 0.15) is 0 Å². The second-order valence-electron chi connectivity index (χ2n) is 4.44. The molecule has 0 fully saturated rings. The zero-order valence-electron chi connectivity index (χ0n) is 13.2. The van der Waals surface area contributed by atoms with Crippen molar-refractivity contribution in [1.29, 1.82) is 0 Å². The van der Waals surface area contributed by atoms with Crippen LogP contribution in [0, 0.1) is 0 Å². The third kappa shape index (κ3) is 8.47. The first-order chi connectivity index (χ1) is 9.49. The molecule has 0 saturated carbocycles. The number of rotatable bonds is 12. The second kappa shape index (κ2) is 11.0. The molecular weight excluding hydrogens is 276 g/mol. The van der Waals surface area contributed by atoms with Gasteiger partial charge >= 0.3 is 14.8 Å². The van der Waals surface area contributed by atoms with Gasteiger partial charge in [0.2, 0.25) is 0 Å². The van der Waals surface area contributed by atoms with E-state index in [4.69, 9.17) is 18.0 Å². The summed E-state index contributed by atoms with van der Waals surface area (Å²) in [6.45, 7) is 13.3. The van der Waals surface area contributed by atoms with Crippen molar-refractivity contribution in [3.8, 4) is 0 Å². The molecule has 0 aliphatic rings. The van der Waals surface area contributed by atoms with Crippen LogP contribution in [0.4, 0.5) is 0 Å². The molecule has 0 aliphatic heterocycles. The first-order valence-electron chi connectivity index (χ1n) is 7.21.